The van der Waals surface area contributed by atoms with Crippen molar-refractivity contribution >= 4 is 17.3 Å². The molecule has 2 nitrogen and oxygen atoms in total. The Hall–Kier alpha value is -1.72. The molecule has 2 rings (SSSR count). The number of alkyl halides is 3. The summed E-state index contributed by atoms with van der Waals surface area (Å²) in [6, 6.07) is 8.90. The topological polar surface area (TPSA) is 46.2 Å². The molecular weight excluding hydrogens is 315 g/mol. The number of hydrogen-bond donors (Lipinski definition) is 2. The second-order valence-corrected chi connectivity index (χ2v) is 5.42. The van der Waals surface area contributed by atoms with Gasteiger partial charge in [0, 0.05) is 17.3 Å². The van der Waals surface area contributed by atoms with E-state index in [1.165, 1.54) is 0 Å². The average Bonchev–Trinajstić information content (AvgIpc) is 2.44. The van der Waals surface area contributed by atoms with Crippen molar-refractivity contribution in [3.63, 3.8) is 0 Å². The van der Waals surface area contributed by atoms with E-state index in [4.69, 9.17) is 22.4 Å². The highest BCUT2D eigenvalue weighted by molar-refractivity contribution is 6.30. The minimum absolute atomic E-state index is 0.0867. The van der Waals surface area contributed by atoms with Gasteiger partial charge in [0.1, 0.15) is 0 Å². The van der Waals surface area contributed by atoms with E-state index in [2.05, 4.69) is 0 Å². The number of aliphatic hydroxyl groups is 1. The van der Waals surface area contributed by atoms with Crippen molar-refractivity contribution in [2.24, 2.45) is 0 Å². The van der Waals surface area contributed by atoms with Crippen LogP contribution >= 0.6 is 11.6 Å². The molecule has 22 heavy (non-hydrogen) atoms. The van der Waals surface area contributed by atoms with Crippen LogP contribution in [0, 0.1) is 0 Å². The van der Waals surface area contributed by atoms with Gasteiger partial charge in [0.05, 0.1) is 5.56 Å². The van der Waals surface area contributed by atoms with Gasteiger partial charge in [-0.05, 0) is 53.8 Å². The largest absolute Gasteiger partial charge is 0.416 e. The molecule has 0 amide bonds. The Kier molecular flexibility index (Phi) is 4.98. The number of benzene rings is 2. The Bertz CT molecular complexity index is 654. The molecule has 0 heterocycles. The molecule has 0 atom stereocenters. The third kappa shape index (κ3) is 3.93. The molecule has 2 aromatic carbocycles. The molecule has 0 aromatic heterocycles. The highest BCUT2D eigenvalue weighted by Crippen LogP contribution is 2.34. The quantitative estimate of drug-likeness (QED) is 0.831. The monoisotopic (exact) mass is 329 g/mol. The lowest BCUT2D eigenvalue weighted by atomic mass is 9.96. The zero-order valence-corrected chi connectivity index (χ0v) is 12.4. The first-order valence-electron chi connectivity index (χ1n) is 6.65. The van der Waals surface area contributed by atoms with Crippen molar-refractivity contribution in [3.05, 3.63) is 63.7 Å². The van der Waals surface area contributed by atoms with E-state index < -0.39 is 11.7 Å². The van der Waals surface area contributed by atoms with Crippen LogP contribution in [0.2, 0.25) is 5.02 Å². The molecular formula is C16H15ClF3NO. The summed E-state index contributed by atoms with van der Waals surface area (Å²) in [5, 5.41) is 9.55. The highest BCUT2D eigenvalue weighted by atomic mass is 35.5. The summed E-state index contributed by atoms with van der Waals surface area (Å²) in [5.41, 5.74) is 6.99. The van der Waals surface area contributed by atoms with Gasteiger partial charge in [-0.3, -0.25) is 0 Å². The van der Waals surface area contributed by atoms with Crippen LogP contribution in [0.1, 0.15) is 22.3 Å². The fourth-order valence-corrected chi connectivity index (χ4v) is 2.36. The fourth-order valence-electron chi connectivity index (χ4n) is 2.24. The zero-order valence-electron chi connectivity index (χ0n) is 11.6. The molecule has 0 aliphatic carbocycles. The van der Waals surface area contributed by atoms with Crippen molar-refractivity contribution in [1.82, 2.24) is 0 Å². The first kappa shape index (κ1) is 16.6. The van der Waals surface area contributed by atoms with E-state index in [0.29, 0.717) is 16.1 Å². The van der Waals surface area contributed by atoms with Crippen molar-refractivity contribution < 1.29 is 18.3 Å². The molecule has 0 spiro atoms. The van der Waals surface area contributed by atoms with E-state index in [1.54, 1.807) is 24.3 Å². The van der Waals surface area contributed by atoms with Gasteiger partial charge in [-0.2, -0.15) is 13.2 Å². The zero-order chi connectivity index (χ0) is 16.3. The normalized spacial score (nSPS) is 11.7. The standard InChI is InChI=1S/C16H15ClF3NO/c17-14-3-1-10(2-4-14)7-12-9-13(16(18,19)20)8-11(5-6-22)15(12)21/h1-4,8-9,22H,5-7,21H2. The predicted molar refractivity (Wildman–Crippen MR) is 80.9 cm³/mol. The number of rotatable bonds is 4. The molecule has 3 N–H and O–H groups in total. The van der Waals surface area contributed by atoms with Crippen LogP contribution in [-0.2, 0) is 19.0 Å². The van der Waals surface area contributed by atoms with E-state index in [0.717, 1.165) is 17.7 Å². The van der Waals surface area contributed by atoms with E-state index in [1.807, 2.05) is 0 Å². The van der Waals surface area contributed by atoms with Crippen LogP contribution in [-0.4, -0.2) is 11.7 Å². The molecule has 6 heteroatoms. The summed E-state index contributed by atoms with van der Waals surface area (Å²) in [5.74, 6) is 0. The van der Waals surface area contributed by atoms with Gasteiger partial charge in [-0.25, -0.2) is 0 Å². The summed E-state index contributed by atoms with van der Waals surface area (Å²) in [6.45, 7) is -0.258. The van der Waals surface area contributed by atoms with E-state index >= 15 is 0 Å². The van der Waals surface area contributed by atoms with Crippen molar-refractivity contribution in [2.45, 2.75) is 19.0 Å². The van der Waals surface area contributed by atoms with Crippen molar-refractivity contribution in [1.29, 1.82) is 0 Å². The van der Waals surface area contributed by atoms with Gasteiger partial charge >= 0.3 is 6.18 Å². The Morgan fingerprint density at radius 2 is 1.64 bits per heavy atom. The Labute approximate surface area is 131 Å². The molecule has 0 aliphatic heterocycles. The summed E-state index contributed by atoms with van der Waals surface area (Å²) in [6.07, 6.45) is -4.10. The van der Waals surface area contributed by atoms with Crippen molar-refractivity contribution in [3.8, 4) is 0 Å². The predicted octanol–water partition coefficient (Wildman–Crippen LogP) is 4.07. The molecule has 0 radical (unpaired) electrons. The fraction of sp³-hybridized carbons (Fsp3) is 0.250. The van der Waals surface area contributed by atoms with Crippen molar-refractivity contribution in [2.75, 3.05) is 12.3 Å². The van der Waals surface area contributed by atoms with Gasteiger partial charge in [0.15, 0.2) is 0 Å². The van der Waals surface area contributed by atoms with Gasteiger partial charge < -0.3 is 10.8 Å². The van der Waals surface area contributed by atoms with Gasteiger partial charge in [0.2, 0.25) is 0 Å². The lowest BCUT2D eigenvalue weighted by molar-refractivity contribution is -0.137. The van der Waals surface area contributed by atoms with Gasteiger partial charge in [-0.1, -0.05) is 23.7 Å². The van der Waals surface area contributed by atoms with E-state index in [9.17, 15) is 13.2 Å². The number of aliphatic hydroxyl groups excluding tert-OH is 1. The summed E-state index contributed by atoms with van der Waals surface area (Å²) < 4.78 is 39.0. The lowest BCUT2D eigenvalue weighted by Gasteiger charge is -2.15. The minimum atomic E-state index is -4.45. The molecule has 0 bridgehead atoms. The maximum atomic E-state index is 13.0. The first-order chi connectivity index (χ1) is 10.3. The third-order valence-electron chi connectivity index (χ3n) is 3.37. The minimum Gasteiger partial charge on any atom is -0.398 e. The number of nitrogen functional groups attached to an aromatic ring is 1. The molecule has 0 fully saturated rings. The molecule has 0 saturated carbocycles. The second-order valence-electron chi connectivity index (χ2n) is 4.98. The SMILES string of the molecule is Nc1c(CCO)cc(C(F)(F)F)cc1Cc1ccc(Cl)cc1. The smallest absolute Gasteiger partial charge is 0.398 e. The summed E-state index contributed by atoms with van der Waals surface area (Å²) in [7, 11) is 0. The highest BCUT2D eigenvalue weighted by Gasteiger charge is 2.31. The lowest BCUT2D eigenvalue weighted by Crippen LogP contribution is -2.10. The Morgan fingerprint density at radius 1 is 1.05 bits per heavy atom. The van der Waals surface area contributed by atoms with Crippen LogP contribution in [0.4, 0.5) is 18.9 Å². The van der Waals surface area contributed by atoms with Crippen LogP contribution in [0.5, 0.6) is 0 Å². The average molecular weight is 330 g/mol. The number of anilines is 1. The molecule has 118 valence electrons. The maximum Gasteiger partial charge on any atom is 0.416 e. The Morgan fingerprint density at radius 3 is 2.18 bits per heavy atom. The number of nitrogens with two attached hydrogens (primary N) is 1. The van der Waals surface area contributed by atoms with Crippen LogP contribution < -0.4 is 5.73 Å². The summed E-state index contributed by atoms with van der Waals surface area (Å²) in [4.78, 5) is 0. The van der Waals surface area contributed by atoms with Crippen LogP contribution in [0.15, 0.2) is 36.4 Å². The maximum absolute atomic E-state index is 13.0. The molecule has 0 unspecified atom stereocenters. The Balaban J connectivity index is 2.44. The summed E-state index contributed by atoms with van der Waals surface area (Å²) >= 11 is 5.80. The molecule has 0 aliphatic rings. The number of hydrogen-bond acceptors (Lipinski definition) is 2. The van der Waals surface area contributed by atoms with Gasteiger partial charge in [-0.15, -0.1) is 0 Å². The van der Waals surface area contributed by atoms with Gasteiger partial charge in [0.25, 0.3) is 0 Å². The number of halogens is 4. The molecule has 2 aromatic rings. The third-order valence-corrected chi connectivity index (χ3v) is 3.62. The van der Waals surface area contributed by atoms with Crippen LogP contribution in [0.25, 0.3) is 0 Å². The second kappa shape index (κ2) is 6.58. The van der Waals surface area contributed by atoms with E-state index in [-0.39, 0.29) is 25.1 Å². The first-order valence-corrected chi connectivity index (χ1v) is 7.03. The molecule has 0 saturated heterocycles. The van der Waals surface area contributed by atoms with Crippen LogP contribution in [0.3, 0.4) is 0 Å².